The van der Waals surface area contributed by atoms with Crippen molar-refractivity contribution in [2.24, 2.45) is 0 Å². The molecule has 0 saturated carbocycles. The number of carbonyl (C=O) groups is 1. The molecule has 18 heavy (non-hydrogen) atoms. The third kappa shape index (κ3) is 3.89. The Morgan fingerprint density at radius 1 is 1.56 bits per heavy atom. The molecule has 1 amide bonds. The molecule has 1 aromatic carbocycles. The number of carbonyl (C=O) groups excluding carboxylic acids is 1. The lowest BCUT2D eigenvalue weighted by molar-refractivity contribution is -0.120. The molecule has 4 nitrogen and oxygen atoms in total. The standard InChI is InChI=1S/C13H17ClN2O2/c1-9(17)16-11-5-6-15-13(8-11)18-12-4-2-3-10(14)7-12/h2-4,7,11,13,15H,5-6,8H2,1H3,(H,16,17). The van der Waals surface area contributed by atoms with Gasteiger partial charge in [-0.15, -0.1) is 0 Å². The van der Waals surface area contributed by atoms with Gasteiger partial charge in [0.25, 0.3) is 0 Å². The van der Waals surface area contributed by atoms with Crippen molar-refractivity contribution in [3.05, 3.63) is 29.3 Å². The van der Waals surface area contributed by atoms with Gasteiger partial charge in [-0.1, -0.05) is 17.7 Å². The maximum atomic E-state index is 11.0. The van der Waals surface area contributed by atoms with Crippen molar-refractivity contribution in [3.8, 4) is 5.75 Å². The van der Waals surface area contributed by atoms with Crippen LogP contribution >= 0.6 is 11.6 Å². The van der Waals surface area contributed by atoms with Crippen LogP contribution in [-0.4, -0.2) is 24.7 Å². The van der Waals surface area contributed by atoms with Gasteiger partial charge in [0.1, 0.15) is 5.75 Å². The van der Waals surface area contributed by atoms with Crippen molar-refractivity contribution in [1.82, 2.24) is 10.6 Å². The minimum absolute atomic E-state index is 0.00315. The highest BCUT2D eigenvalue weighted by Crippen LogP contribution is 2.20. The molecule has 98 valence electrons. The lowest BCUT2D eigenvalue weighted by Gasteiger charge is -2.30. The zero-order valence-corrected chi connectivity index (χ0v) is 11.0. The Bertz CT molecular complexity index is 425. The summed E-state index contributed by atoms with van der Waals surface area (Å²) in [7, 11) is 0. The number of amides is 1. The zero-order chi connectivity index (χ0) is 13.0. The van der Waals surface area contributed by atoms with E-state index < -0.39 is 0 Å². The molecule has 1 saturated heterocycles. The first-order chi connectivity index (χ1) is 8.63. The van der Waals surface area contributed by atoms with Crippen LogP contribution < -0.4 is 15.4 Å². The summed E-state index contributed by atoms with van der Waals surface area (Å²) in [6.07, 6.45) is 1.59. The van der Waals surface area contributed by atoms with Gasteiger partial charge in [0, 0.05) is 31.0 Å². The summed E-state index contributed by atoms with van der Waals surface area (Å²) in [5.74, 6) is 0.742. The van der Waals surface area contributed by atoms with Crippen molar-refractivity contribution >= 4 is 17.5 Å². The second-order valence-corrected chi connectivity index (χ2v) is 4.88. The minimum atomic E-state index is -0.0888. The Kier molecular flexibility index (Phi) is 4.44. The molecule has 2 rings (SSSR count). The van der Waals surface area contributed by atoms with Crippen molar-refractivity contribution in [3.63, 3.8) is 0 Å². The molecule has 1 aliphatic rings. The SMILES string of the molecule is CC(=O)NC1CCNC(Oc2cccc(Cl)c2)C1. The molecular formula is C13H17ClN2O2. The predicted molar refractivity (Wildman–Crippen MR) is 70.7 cm³/mol. The van der Waals surface area contributed by atoms with E-state index in [2.05, 4.69) is 10.6 Å². The molecule has 0 aliphatic carbocycles. The molecule has 0 aromatic heterocycles. The highest BCUT2D eigenvalue weighted by atomic mass is 35.5. The van der Waals surface area contributed by atoms with E-state index in [0.29, 0.717) is 5.02 Å². The third-order valence-corrected chi connectivity index (χ3v) is 3.08. The van der Waals surface area contributed by atoms with Gasteiger partial charge in [0.05, 0.1) is 0 Å². The van der Waals surface area contributed by atoms with Crippen LogP contribution in [0.4, 0.5) is 0 Å². The molecule has 5 heteroatoms. The van der Waals surface area contributed by atoms with E-state index in [0.717, 1.165) is 25.1 Å². The number of rotatable bonds is 3. The largest absolute Gasteiger partial charge is 0.475 e. The van der Waals surface area contributed by atoms with E-state index in [1.165, 1.54) is 6.92 Å². The molecule has 1 heterocycles. The topological polar surface area (TPSA) is 50.4 Å². The van der Waals surface area contributed by atoms with E-state index in [1.807, 2.05) is 18.2 Å². The Morgan fingerprint density at radius 2 is 2.39 bits per heavy atom. The second kappa shape index (κ2) is 6.07. The van der Waals surface area contributed by atoms with Gasteiger partial charge in [0.2, 0.25) is 5.91 Å². The number of nitrogens with one attached hydrogen (secondary N) is 2. The lowest BCUT2D eigenvalue weighted by atomic mass is 10.1. The van der Waals surface area contributed by atoms with Gasteiger partial charge in [-0.2, -0.15) is 0 Å². The van der Waals surface area contributed by atoms with Crippen LogP contribution in [0.1, 0.15) is 19.8 Å². The van der Waals surface area contributed by atoms with Crippen LogP contribution in [0.25, 0.3) is 0 Å². The molecule has 2 atom stereocenters. The first kappa shape index (κ1) is 13.2. The van der Waals surface area contributed by atoms with Gasteiger partial charge < -0.3 is 10.1 Å². The number of hydrogen-bond donors (Lipinski definition) is 2. The summed E-state index contributed by atoms with van der Waals surface area (Å²) < 4.78 is 5.80. The van der Waals surface area contributed by atoms with Gasteiger partial charge >= 0.3 is 0 Å². The maximum Gasteiger partial charge on any atom is 0.217 e. The first-order valence-electron chi connectivity index (χ1n) is 6.06. The number of halogens is 1. The molecule has 0 spiro atoms. The monoisotopic (exact) mass is 268 g/mol. The Morgan fingerprint density at radius 3 is 3.11 bits per heavy atom. The van der Waals surface area contributed by atoms with Crippen LogP contribution in [0.3, 0.4) is 0 Å². The molecule has 0 radical (unpaired) electrons. The molecule has 1 fully saturated rings. The zero-order valence-electron chi connectivity index (χ0n) is 10.3. The molecule has 1 aliphatic heterocycles. The maximum absolute atomic E-state index is 11.0. The van der Waals surface area contributed by atoms with Gasteiger partial charge in [0.15, 0.2) is 6.23 Å². The Hall–Kier alpha value is -1.26. The first-order valence-corrected chi connectivity index (χ1v) is 6.44. The second-order valence-electron chi connectivity index (χ2n) is 4.44. The van der Waals surface area contributed by atoms with Crippen LogP contribution in [0, 0.1) is 0 Å². The van der Waals surface area contributed by atoms with Crippen LogP contribution in [-0.2, 0) is 4.79 Å². The highest BCUT2D eigenvalue weighted by Gasteiger charge is 2.23. The van der Waals surface area contributed by atoms with Crippen LogP contribution in [0.15, 0.2) is 24.3 Å². The van der Waals surface area contributed by atoms with E-state index >= 15 is 0 Å². The predicted octanol–water partition coefficient (Wildman–Crippen LogP) is 1.93. The molecule has 1 aromatic rings. The Labute approximate surface area is 112 Å². The van der Waals surface area contributed by atoms with E-state index in [4.69, 9.17) is 16.3 Å². The summed E-state index contributed by atoms with van der Waals surface area (Å²) in [5.41, 5.74) is 0. The number of ether oxygens (including phenoxy) is 1. The summed E-state index contributed by atoms with van der Waals surface area (Å²) in [4.78, 5) is 11.0. The molecular weight excluding hydrogens is 252 g/mol. The summed E-state index contributed by atoms with van der Waals surface area (Å²) in [6.45, 7) is 2.37. The van der Waals surface area contributed by atoms with Gasteiger partial charge in [-0.3, -0.25) is 10.1 Å². The molecule has 0 bridgehead atoms. The van der Waals surface area contributed by atoms with Gasteiger partial charge in [-0.25, -0.2) is 0 Å². The number of piperidine rings is 1. The third-order valence-electron chi connectivity index (χ3n) is 2.85. The van der Waals surface area contributed by atoms with E-state index in [9.17, 15) is 4.79 Å². The number of hydrogen-bond acceptors (Lipinski definition) is 3. The average molecular weight is 269 g/mol. The smallest absolute Gasteiger partial charge is 0.217 e. The van der Waals surface area contributed by atoms with Crippen LogP contribution in [0.5, 0.6) is 5.75 Å². The fraction of sp³-hybridized carbons (Fsp3) is 0.462. The minimum Gasteiger partial charge on any atom is -0.475 e. The van der Waals surface area contributed by atoms with Crippen molar-refractivity contribution in [2.75, 3.05) is 6.54 Å². The Balaban J connectivity index is 1.91. The molecule has 2 unspecified atom stereocenters. The normalized spacial score (nSPS) is 23.4. The van der Waals surface area contributed by atoms with Crippen molar-refractivity contribution in [1.29, 1.82) is 0 Å². The van der Waals surface area contributed by atoms with Crippen molar-refractivity contribution in [2.45, 2.75) is 32.0 Å². The van der Waals surface area contributed by atoms with Crippen LogP contribution in [0.2, 0.25) is 5.02 Å². The fourth-order valence-corrected chi connectivity index (χ4v) is 2.27. The summed E-state index contributed by atoms with van der Waals surface area (Å²) >= 11 is 5.90. The quantitative estimate of drug-likeness (QED) is 0.881. The van der Waals surface area contributed by atoms with Gasteiger partial charge in [-0.05, 0) is 24.6 Å². The van der Waals surface area contributed by atoms with Crippen molar-refractivity contribution < 1.29 is 9.53 Å². The average Bonchev–Trinajstić information content (AvgIpc) is 2.28. The van der Waals surface area contributed by atoms with E-state index in [-0.39, 0.29) is 18.2 Å². The highest BCUT2D eigenvalue weighted by molar-refractivity contribution is 6.30. The summed E-state index contributed by atoms with van der Waals surface area (Å²) in [5, 5.41) is 6.85. The summed E-state index contributed by atoms with van der Waals surface area (Å²) in [6, 6.07) is 7.49. The molecule has 2 N–H and O–H groups in total. The number of benzene rings is 1. The van der Waals surface area contributed by atoms with E-state index in [1.54, 1.807) is 6.07 Å². The fourth-order valence-electron chi connectivity index (χ4n) is 2.09. The lowest BCUT2D eigenvalue weighted by Crippen LogP contribution is -2.49.